The molecule has 0 aromatic heterocycles. The smallest absolute Gasteiger partial charge is 0.219 e. The molecule has 4 nitrogen and oxygen atoms in total. The molecule has 76 valence electrons. The van der Waals surface area contributed by atoms with E-state index in [1.54, 1.807) is 6.92 Å². The van der Waals surface area contributed by atoms with Gasteiger partial charge in [0.25, 0.3) is 0 Å². The van der Waals surface area contributed by atoms with Crippen LogP contribution < -0.4 is 5.73 Å². The molecule has 1 unspecified atom stereocenters. The van der Waals surface area contributed by atoms with Crippen molar-refractivity contribution < 1.29 is 4.79 Å². The second kappa shape index (κ2) is 4.58. The van der Waals surface area contributed by atoms with Crippen molar-refractivity contribution in [2.45, 2.75) is 19.9 Å². The van der Waals surface area contributed by atoms with Gasteiger partial charge in [0.2, 0.25) is 5.91 Å². The fourth-order valence-corrected chi connectivity index (χ4v) is 1.63. The summed E-state index contributed by atoms with van der Waals surface area (Å²) in [6.45, 7) is 8.06. The molecule has 1 saturated heterocycles. The topological polar surface area (TPSA) is 49.6 Å². The normalized spacial score (nSPS) is 21.6. The summed E-state index contributed by atoms with van der Waals surface area (Å²) in [4.78, 5) is 15.2. The van der Waals surface area contributed by atoms with Crippen molar-refractivity contribution >= 4 is 5.91 Å². The van der Waals surface area contributed by atoms with Crippen molar-refractivity contribution in [2.75, 3.05) is 32.7 Å². The fourth-order valence-electron chi connectivity index (χ4n) is 1.63. The maximum absolute atomic E-state index is 11.0. The molecule has 0 aromatic rings. The van der Waals surface area contributed by atoms with E-state index >= 15 is 0 Å². The largest absolute Gasteiger partial charge is 0.340 e. The third-order valence-electron chi connectivity index (χ3n) is 2.72. The first kappa shape index (κ1) is 10.5. The van der Waals surface area contributed by atoms with E-state index in [1.165, 1.54) is 0 Å². The van der Waals surface area contributed by atoms with E-state index in [0.29, 0.717) is 12.6 Å². The molecule has 0 aliphatic carbocycles. The molecule has 13 heavy (non-hydrogen) atoms. The van der Waals surface area contributed by atoms with Gasteiger partial charge < -0.3 is 10.6 Å². The van der Waals surface area contributed by atoms with Gasteiger partial charge in [-0.15, -0.1) is 0 Å². The van der Waals surface area contributed by atoms with Gasteiger partial charge in [0.1, 0.15) is 0 Å². The number of piperazine rings is 1. The third-order valence-corrected chi connectivity index (χ3v) is 2.72. The summed E-state index contributed by atoms with van der Waals surface area (Å²) in [5.74, 6) is 0.181. The first-order valence-corrected chi connectivity index (χ1v) is 4.84. The lowest BCUT2D eigenvalue weighted by atomic mass is 10.2. The highest BCUT2D eigenvalue weighted by Crippen LogP contribution is 2.05. The average Bonchev–Trinajstić information content (AvgIpc) is 2.17. The first-order chi connectivity index (χ1) is 6.15. The molecule has 0 aromatic carbocycles. The summed E-state index contributed by atoms with van der Waals surface area (Å²) >= 11 is 0. The maximum atomic E-state index is 11.0. The van der Waals surface area contributed by atoms with Crippen molar-refractivity contribution in [2.24, 2.45) is 5.73 Å². The van der Waals surface area contributed by atoms with Crippen molar-refractivity contribution in [1.82, 2.24) is 9.80 Å². The van der Waals surface area contributed by atoms with E-state index in [0.717, 1.165) is 26.2 Å². The van der Waals surface area contributed by atoms with Gasteiger partial charge in [-0.25, -0.2) is 0 Å². The Kier molecular flexibility index (Phi) is 3.69. The molecule has 1 fully saturated rings. The van der Waals surface area contributed by atoms with Crippen LogP contribution in [0.5, 0.6) is 0 Å². The molecule has 0 radical (unpaired) electrons. The molecule has 1 rings (SSSR count). The Bertz CT molecular complexity index is 176. The first-order valence-electron chi connectivity index (χ1n) is 4.84. The Hall–Kier alpha value is -0.610. The number of nitrogens with two attached hydrogens (primary N) is 1. The van der Waals surface area contributed by atoms with E-state index in [1.807, 2.05) is 4.90 Å². The molecular formula is C9H19N3O. The Morgan fingerprint density at radius 3 is 2.31 bits per heavy atom. The van der Waals surface area contributed by atoms with E-state index in [2.05, 4.69) is 11.8 Å². The van der Waals surface area contributed by atoms with Crippen LogP contribution in [0, 0.1) is 0 Å². The third kappa shape index (κ3) is 2.67. The van der Waals surface area contributed by atoms with Crippen molar-refractivity contribution in [3.05, 3.63) is 0 Å². The number of hydrogen-bond acceptors (Lipinski definition) is 3. The molecular weight excluding hydrogens is 166 g/mol. The van der Waals surface area contributed by atoms with Gasteiger partial charge in [-0.3, -0.25) is 9.69 Å². The lowest BCUT2D eigenvalue weighted by molar-refractivity contribution is -0.130. The van der Waals surface area contributed by atoms with Gasteiger partial charge in [-0.2, -0.15) is 0 Å². The summed E-state index contributed by atoms with van der Waals surface area (Å²) in [6, 6.07) is 0.439. The van der Waals surface area contributed by atoms with Gasteiger partial charge >= 0.3 is 0 Å². The molecule has 1 aliphatic heterocycles. The summed E-state index contributed by atoms with van der Waals surface area (Å²) in [5.41, 5.74) is 5.58. The highest BCUT2D eigenvalue weighted by Gasteiger charge is 2.20. The molecule has 1 amide bonds. The highest BCUT2D eigenvalue weighted by molar-refractivity contribution is 5.73. The van der Waals surface area contributed by atoms with E-state index in [9.17, 15) is 4.79 Å². The zero-order valence-electron chi connectivity index (χ0n) is 8.49. The number of carbonyl (C=O) groups excluding carboxylic acids is 1. The molecule has 1 atom stereocenters. The lowest BCUT2D eigenvalue weighted by Crippen LogP contribution is -2.52. The van der Waals surface area contributed by atoms with Crippen LogP contribution in [0.2, 0.25) is 0 Å². The van der Waals surface area contributed by atoms with Crippen LogP contribution in [0.25, 0.3) is 0 Å². The van der Waals surface area contributed by atoms with E-state index in [-0.39, 0.29) is 5.91 Å². The van der Waals surface area contributed by atoms with Crippen molar-refractivity contribution in [3.63, 3.8) is 0 Å². The van der Waals surface area contributed by atoms with Crippen LogP contribution in [-0.2, 0) is 4.79 Å². The Balaban J connectivity index is 2.34. The van der Waals surface area contributed by atoms with Crippen LogP contribution in [-0.4, -0.2) is 54.5 Å². The fraction of sp³-hybridized carbons (Fsp3) is 0.889. The molecule has 4 heteroatoms. The standard InChI is InChI=1S/C9H19N3O/c1-8(7-10)11-3-5-12(6-4-11)9(2)13/h8H,3-7,10H2,1-2H3. The predicted octanol–water partition coefficient (Wildman–Crippen LogP) is -0.502. The minimum absolute atomic E-state index is 0.181. The molecule has 1 aliphatic rings. The number of amides is 1. The van der Waals surface area contributed by atoms with Crippen LogP contribution in [0.1, 0.15) is 13.8 Å². The summed E-state index contributed by atoms with van der Waals surface area (Å²) < 4.78 is 0. The number of carbonyl (C=O) groups is 1. The van der Waals surface area contributed by atoms with Gasteiger partial charge in [-0.05, 0) is 6.92 Å². The quantitative estimate of drug-likeness (QED) is 0.631. The predicted molar refractivity (Wildman–Crippen MR) is 52.3 cm³/mol. The van der Waals surface area contributed by atoms with Gasteiger partial charge in [0, 0.05) is 45.7 Å². The Morgan fingerprint density at radius 1 is 1.38 bits per heavy atom. The molecule has 0 saturated carbocycles. The molecule has 1 heterocycles. The Morgan fingerprint density at radius 2 is 1.92 bits per heavy atom. The zero-order chi connectivity index (χ0) is 9.84. The summed E-state index contributed by atoms with van der Waals surface area (Å²) in [7, 11) is 0. The van der Waals surface area contributed by atoms with Crippen LogP contribution >= 0.6 is 0 Å². The number of rotatable bonds is 2. The van der Waals surface area contributed by atoms with Gasteiger partial charge in [0.05, 0.1) is 0 Å². The van der Waals surface area contributed by atoms with Crippen LogP contribution in [0.15, 0.2) is 0 Å². The summed E-state index contributed by atoms with van der Waals surface area (Å²) in [5, 5.41) is 0. The second-order valence-corrected chi connectivity index (χ2v) is 3.63. The van der Waals surface area contributed by atoms with Crippen LogP contribution in [0.3, 0.4) is 0 Å². The highest BCUT2D eigenvalue weighted by atomic mass is 16.2. The number of nitrogens with zero attached hydrogens (tertiary/aromatic N) is 2. The maximum Gasteiger partial charge on any atom is 0.219 e. The minimum Gasteiger partial charge on any atom is -0.340 e. The summed E-state index contributed by atoms with van der Waals surface area (Å²) in [6.07, 6.45) is 0. The lowest BCUT2D eigenvalue weighted by Gasteiger charge is -2.37. The van der Waals surface area contributed by atoms with Gasteiger partial charge in [0.15, 0.2) is 0 Å². The SMILES string of the molecule is CC(=O)N1CCN(C(C)CN)CC1. The van der Waals surface area contributed by atoms with Crippen molar-refractivity contribution in [1.29, 1.82) is 0 Å². The average molecular weight is 185 g/mol. The van der Waals surface area contributed by atoms with Crippen molar-refractivity contribution in [3.8, 4) is 0 Å². The second-order valence-electron chi connectivity index (χ2n) is 3.63. The number of hydrogen-bond donors (Lipinski definition) is 1. The Labute approximate surface area is 79.7 Å². The molecule has 0 bridgehead atoms. The molecule has 2 N–H and O–H groups in total. The minimum atomic E-state index is 0.181. The zero-order valence-corrected chi connectivity index (χ0v) is 8.49. The molecule has 0 spiro atoms. The van der Waals surface area contributed by atoms with E-state index in [4.69, 9.17) is 5.73 Å². The van der Waals surface area contributed by atoms with E-state index < -0.39 is 0 Å². The van der Waals surface area contributed by atoms with Gasteiger partial charge in [-0.1, -0.05) is 0 Å². The monoisotopic (exact) mass is 185 g/mol. The van der Waals surface area contributed by atoms with Crippen LogP contribution in [0.4, 0.5) is 0 Å².